The van der Waals surface area contributed by atoms with Crippen molar-refractivity contribution in [2.75, 3.05) is 13.2 Å². The van der Waals surface area contributed by atoms with Crippen molar-refractivity contribution in [3.8, 4) is 0 Å². The predicted molar refractivity (Wildman–Crippen MR) is 297 cm³/mol. The third kappa shape index (κ3) is 53.9. The molecule has 1 amide bonds. The zero-order valence-corrected chi connectivity index (χ0v) is 46.1. The van der Waals surface area contributed by atoms with Crippen LogP contribution >= 0.6 is 0 Å². The first-order chi connectivity index (χ1) is 33.5. The Morgan fingerprint density at radius 3 is 1.00 bits per heavy atom. The van der Waals surface area contributed by atoms with Crippen LogP contribution in [0.4, 0.5) is 0 Å². The van der Waals surface area contributed by atoms with Crippen molar-refractivity contribution in [1.29, 1.82) is 0 Å². The molecule has 0 spiro atoms. The molecule has 0 heterocycles. The molecule has 0 radical (unpaired) electrons. The first kappa shape index (κ1) is 66.6. The van der Waals surface area contributed by atoms with Crippen molar-refractivity contribution in [1.82, 2.24) is 5.32 Å². The summed E-state index contributed by atoms with van der Waals surface area (Å²) in [4.78, 5) is 24.5. The molecular formula is C62H121NO5. The van der Waals surface area contributed by atoms with Crippen molar-refractivity contribution >= 4 is 11.9 Å². The van der Waals surface area contributed by atoms with E-state index in [9.17, 15) is 19.8 Å². The molecule has 0 aromatic rings. The Hall–Kier alpha value is -1.40. The molecule has 0 aliphatic heterocycles. The van der Waals surface area contributed by atoms with Gasteiger partial charge in [-0.05, 0) is 32.1 Å². The third-order valence-corrected chi connectivity index (χ3v) is 14.6. The predicted octanol–water partition coefficient (Wildman–Crippen LogP) is 19.2. The van der Waals surface area contributed by atoms with Crippen molar-refractivity contribution in [2.24, 2.45) is 0 Å². The highest BCUT2D eigenvalue weighted by molar-refractivity contribution is 5.76. The number of esters is 1. The number of rotatable bonds is 58. The van der Waals surface area contributed by atoms with E-state index in [1.54, 1.807) is 6.08 Å². The summed E-state index contributed by atoms with van der Waals surface area (Å²) in [5.41, 5.74) is 0. The summed E-state index contributed by atoms with van der Waals surface area (Å²) in [7, 11) is 0. The van der Waals surface area contributed by atoms with Crippen molar-refractivity contribution in [3.63, 3.8) is 0 Å². The number of hydrogen-bond donors (Lipinski definition) is 3. The van der Waals surface area contributed by atoms with Gasteiger partial charge in [-0.2, -0.15) is 0 Å². The number of allylic oxidation sites excluding steroid dienone is 1. The molecule has 6 heteroatoms. The maximum Gasteiger partial charge on any atom is 0.305 e. The highest BCUT2D eigenvalue weighted by atomic mass is 16.5. The van der Waals surface area contributed by atoms with E-state index in [2.05, 4.69) is 19.2 Å². The van der Waals surface area contributed by atoms with Crippen LogP contribution in [-0.2, 0) is 14.3 Å². The van der Waals surface area contributed by atoms with Gasteiger partial charge in [-0.25, -0.2) is 0 Å². The molecule has 0 aromatic carbocycles. The maximum absolute atomic E-state index is 12.5. The molecular weight excluding hydrogens is 839 g/mol. The van der Waals surface area contributed by atoms with E-state index < -0.39 is 12.1 Å². The van der Waals surface area contributed by atoms with Gasteiger partial charge >= 0.3 is 5.97 Å². The average molecular weight is 961 g/mol. The molecule has 0 aliphatic carbocycles. The van der Waals surface area contributed by atoms with Gasteiger partial charge in [0.2, 0.25) is 5.91 Å². The SMILES string of the molecule is CCCCCCCCCCCCCCCCCCCCCCCC/C=C/C(O)C(CO)NC(=O)CCCCCCCCCCCCCCCCCOC(=O)CCCCCCCCCCCCCC. The van der Waals surface area contributed by atoms with Crippen molar-refractivity contribution in [3.05, 3.63) is 12.2 Å². The van der Waals surface area contributed by atoms with Gasteiger partial charge in [-0.3, -0.25) is 9.59 Å². The van der Waals surface area contributed by atoms with Gasteiger partial charge in [-0.1, -0.05) is 315 Å². The molecule has 2 atom stereocenters. The van der Waals surface area contributed by atoms with Crippen LogP contribution in [0.2, 0.25) is 0 Å². The van der Waals surface area contributed by atoms with Gasteiger partial charge in [0.25, 0.3) is 0 Å². The fourth-order valence-corrected chi connectivity index (χ4v) is 9.81. The molecule has 0 aromatic heterocycles. The smallest absolute Gasteiger partial charge is 0.305 e. The van der Waals surface area contributed by atoms with Crippen LogP contribution in [0.25, 0.3) is 0 Å². The molecule has 2 unspecified atom stereocenters. The number of carbonyl (C=O) groups excluding carboxylic acids is 2. The van der Waals surface area contributed by atoms with Crippen LogP contribution in [0.5, 0.6) is 0 Å². The Kier molecular flexibility index (Phi) is 57.0. The Morgan fingerprint density at radius 1 is 0.397 bits per heavy atom. The van der Waals surface area contributed by atoms with E-state index in [0.29, 0.717) is 19.4 Å². The second kappa shape index (κ2) is 58.2. The highest BCUT2D eigenvalue weighted by Gasteiger charge is 2.18. The normalized spacial score (nSPS) is 12.6. The molecule has 0 saturated carbocycles. The van der Waals surface area contributed by atoms with Crippen LogP contribution in [-0.4, -0.2) is 47.4 Å². The van der Waals surface area contributed by atoms with E-state index in [4.69, 9.17) is 4.74 Å². The number of ether oxygens (including phenoxy) is 1. The first-order valence-corrected chi connectivity index (χ1v) is 31.0. The number of unbranched alkanes of at least 4 members (excludes halogenated alkanes) is 47. The van der Waals surface area contributed by atoms with Crippen LogP contribution < -0.4 is 5.32 Å². The molecule has 0 rings (SSSR count). The quantitative estimate of drug-likeness (QED) is 0.0321. The van der Waals surface area contributed by atoms with Gasteiger partial charge in [-0.15, -0.1) is 0 Å². The molecule has 0 bridgehead atoms. The van der Waals surface area contributed by atoms with Gasteiger partial charge in [0, 0.05) is 12.8 Å². The number of amides is 1. The second-order valence-corrected chi connectivity index (χ2v) is 21.4. The number of nitrogens with one attached hydrogen (secondary N) is 1. The molecule has 404 valence electrons. The largest absolute Gasteiger partial charge is 0.466 e. The summed E-state index contributed by atoms with van der Waals surface area (Å²) in [5, 5.41) is 23.2. The Bertz CT molecular complexity index is 1020. The van der Waals surface area contributed by atoms with Crippen LogP contribution in [0.15, 0.2) is 12.2 Å². The number of aliphatic hydroxyl groups excluding tert-OH is 2. The standard InChI is InChI=1S/C62H121NO5/c1-3-5-7-9-11-13-15-17-18-19-20-21-22-23-24-25-26-28-31-34-38-42-46-50-54-60(65)59(58-64)63-61(66)55-51-47-43-39-35-32-29-27-30-33-37-41-45-49-53-57-68-62(67)56-52-48-44-40-36-16-14-12-10-8-6-4-2/h50,54,59-60,64-65H,3-49,51-53,55-58H2,1-2H3,(H,63,66)/b54-50+. The van der Waals surface area contributed by atoms with Crippen LogP contribution in [0, 0.1) is 0 Å². The minimum atomic E-state index is -0.850. The molecule has 0 fully saturated rings. The van der Waals surface area contributed by atoms with E-state index in [1.165, 1.54) is 276 Å². The lowest BCUT2D eigenvalue weighted by Gasteiger charge is -2.20. The summed E-state index contributed by atoms with van der Waals surface area (Å²) in [6.07, 6.45) is 69.6. The van der Waals surface area contributed by atoms with Crippen LogP contribution in [0.3, 0.4) is 0 Å². The third-order valence-electron chi connectivity index (χ3n) is 14.6. The second-order valence-electron chi connectivity index (χ2n) is 21.4. The van der Waals surface area contributed by atoms with E-state index in [0.717, 1.165) is 44.9 Å². The summed E-state index contributed by atoms with van der Waals surface area (Å²) < 4.78 is 5.47. The minimum absolute atomic E-state index is 0.00125. The highest BCUT2D eigenvalue weighted by Crippen LogP contribution is 2.18. The molecule has 68 heavy (non-hydrogen) atoms. The van der Waals surface area contributed by atoms with Crippen LogP contribution in [0.1, 0.15) is 348 Å². The summed E-state index contributed by atoms with van der Waals surface area (Å²) >= 11 is 0. The monoisotopic (exact) mass is 960 g/mol. The van der Waals surface area contributed by atoms with E-state index in [1.807, 2.05) is 6.08 Å². The van der Waals surface area contributed by atoms with Gasteiger partial charge in [0.05, 0.1) is 25.4 Å². The molecule has 3 N–H and O–H groups in total. The summed E-state index contributed by atoms with van der Waals surface area (Å²) in [6, 6.07) is -0.634. The first-order valence-electron chi connectivity index (χ1n) is 31.0. The van der Waals surface area contributed by atoms with E-state index in [-0.39, 0.29) is 18.5 Å². The van der Waals surface area contributed by atoms with Gasteiger partial charge in [0.1, 0.15) is 0 Å². The fourth-order valence-electron chi connectivity index (χ4n) is 9.81. The van der Waals surface area contributed by atoms with E-state index >= 15 is 0 Å². The lowest BCUT2D eigenvalue weighted by atomic mass is 10.0. The zero-order valence-electron chi connectivity index (χ0n) is 46.1. The van der Waals surface area contributed by atoms with Crippen molar-refractivity contribution < 1.29 is 24.5 Å². The number of hydrogen-bond acceptors (Lipinski definition) is 5. The fraction of sp³-hybridized carbons (Fsp3) is 0.935. The maximum atomic E-state index is 12.5. The molecule has 0 saturated heterocycles. The molecule has 0 aliphatic rings. The number of carbonyl (C=O) groups is 2. The number of aliphatic hydroxyl groups is 2. The van der Waals surface area contributed by atoms with Gasteiger partial charge in [0.15, 0.2) is 0 Å². The Labute approximate surface area is 425 Å². The lowest BCUT2D eigenvalue weighted by molar-refractivity contribution is -0.143. The van der Waals surface area contributed by atoms with Gasteiger partial charge < -0.3 is 20.3 Å². The molecule has 6 nitrogen and oxygen atoms in total. The lowest BCUT2D eigenvalue weighted by Crippen LogP contribution is -2.45. The zero-order chi connectivity index (χ0) is 49.3. The summed E-state index contributed by atoms with van der Waals surface area (Å²) in [6.45, 7) is 4.91. The topological polar surface area (TPSA) is 95.9 Å². The Morgan fingerprint density at radius 2 is 0.676 bits per heavy atom. The average Bonchev–Trinajstić information content (AvgIpc) is 3.34. The minimum Gasteiger partial charge on any atom is -0.466 e. The van der Waals surface area contributed by atoms with Crippen molar-refractivity contribution in [2.45, 2.75) is 360 Å². The summed E-state index contributed by atoms with van der Waals surface area (Å²) in [5.74, 6) is -0.0710. The Balaban J connectivity index is 3.46.